The predicted octanol–water partition coefficient (Wildman–Crippen LogP) is 1.12. The highest BCUT2D eigenvalue weighted by Crippen LogP contribution is 2.09. The van der Waals surface area contributed by atoms with Crippen LogP contribution in [0.2, 0.25) is 5.15 Å². The SMILES string of the molecule is CC(C)Nc1nc(Cl)c(C#N)c(=O)[nH]1. The fraction of sp³-hybridized carbons (Fsp3) is 0.375. The van der Waals surface area contributed by atoms with Crippen molar-refractivity contribution in [3.8, 4) is 6.07 Å². The smallest absolute Gasteiger partial charge is 0.271 e. The lowest BCUT2D eigenvalue weighted by Crippen LogP contribution is -2.19. The molecule has 0 atom stereocenters. The van der Waals surface area contributed by atoms with Crippen LogP contribution in [0, 0.1) is 11.3 Å². The Morgan fingerprint density at radius 1 is 1.64 bits per heavy atom. The Balaban J connectivity index is 3.16. The van der Waals surface area contributed by atoms with Crippen LogP contribution in [0.15, 0.2) is 4.79 Å². The maximum Gasteiger partial charge on any atom is 0.271 e. The van der Waals surface area contributed by atoms with Gasteiger partial charge in [-0.05, 0) is 13.8 Å². The van der Waals surface area contributed by atoms with Crippen LogP contribution in [-0.4, -0.2) is 16.0 Å². The molecule has 14 heavy (non-hydrogen) atoms. The van der Waals surface area contributed by atoms with Crippen LogP contribution in [0.25, 0.3) is 0 Å². The number of nitrogens with one attached hydrogen (secondary N) is 2. The Kier molecular flexibility index (Phi) is 3.10. The van der Waals surface area contributed by atoms with Crippen molar-refractivity contribution in [1.29, 1.82) is 5.26 Å². The lowest BCUT2D eigenvalue weighted by atomic mass is 10.4. The number of H-pyrrole nitrogens is 1. The molecule has 5 nitrogen and oxygen atoms in total. The highest BCUT2D eigenvalue weighted by molar-refractivity contribution is 6.30. The fourth-order valence-electron chi connectivity index (χ4n) is 0.884. The number of halogens is 1. The average molecular weight is 213 g/mol. The number of hydrogen-bond acceptors (Lipinski definition) is 4. The quantitative estimate of drug-likeness (QED) is 0.720. The van der Waals surface area contributed by atoms with E-state index >= 15 is 0 Å². The summed E-state index contributed by atoms with van der Waals surface area (Å²) < 4.78 is 0. The van der Waals surface area contributed by atoms with Crippen molar-refractivity contribution >= 4 is 17.5 Å². The number of aromatic amines is 1. The summed E-state index contributed by atoms with van der Waals surface area (Å²) >= 11 is 5.62. The molecule has 0 amide bonds. The van der Waals surface area contributed by atoms with Crippen molar-refractivity contribution < 1.29 is 0 Å². The number of hydrogen-bond donors (Lipinski definition) is 2. The van der Waals surface area contributed by atoms with Gasteiger partial charge in [-0.3, -0.25) is 9.78 Å². The molecule has 0 aliphatic carbocycles. The van der Waals surface area contributed by atoms with Crippen LogP contribution < -0.4 is 10.9 Å². The minimum atomic E-state index is -0.532. The van der Waals surface area contributed by atoms with Crippen LogP contribution >= 0.6 is 11.6 Å². The van der Waals surface area contributed by atoms with Crippen molar-refractivity contribution in [2.45, 2.75) is 19.9 Å². The molecule has 0 radical (unpaired) electrons. The molecular weight excluding hydrogens is 204 g/mol. The molecule has 6 heteroatoms. The maximum absolute atomic E-state index is 11.2. The van der Waals surface area contributed by atoms with Crippen LogP contribution in [0.1, 0.15) is 19.4 Å². The zero-order valence-electron chi connectivity index (χ0n) is 7.76. The van der Waals surface area contributed by atoms with Crippen LogP contribution in [0.4, 0.5) is 5.95 Å². The number of nitriles is 1. The molecule has 0 aliphatic rings. The second-order valence-corrected chi connectivity index (χ2v) is 3.35. The second kappa shape index (κ2) is 4.11. The van der Waals surface area contributed by atoms with E-state index in [9.17, 15) is 4.79 Å². The summed E-state index contributed by atoms with van der Waals surface area (Å²) in [4.78, 5) is 17.5. The summed E-state index contributed by atoms with van der Waals surface area (Å²) in [6, 6.07) is 1.81. The van der Waals surface area contributed by atoms with Gasteiger partial charge in [0, 0.05) is 6.04 Å². The van der Waals surface area contributed by atoms with Gasteiger partial charge in [-0.25, -0.2) is 4.98 Å². The molecule has 1 rings (SSSR count). The minimum absolute atomic E-state index is 0.0839. The number of aromatic nitrogens is 2. The first kappa shape index (κ1) is 10.5. The van der Waals surface area contributed by atoms with Crippen molar-refractivity contribution in [1.82, 2.24) is 9.97 Å². The van der Waals surface area contributed by atoms with E-state index in [-0.39, 0.29) is 22.7 Å². The molecule has 0 unspecified atom stereocenters. The normalized spacial score (nSPS) is 9.93. The lowest BCUT2D eigenvalue weighted by Gasteiger charge is -2.08. The summed E-state index contributed by atoms with van der Waals surface area (Å²) in [5, 5.41) is 11.4. The summed E-state index contributed by atoms with van der Waals surface area (Å²) in [6.07, 6.45) is 0. The van der Waals surface area contributed by atoms with Gasteiger partial charge in [-0.2, -0.15) is 5.26 Å². The van der Waals surface area contributed by atoms with Crippen LogP contribution in [0.5, 0.6) is 0 Å². The number of anilines is 1. The molecule has 1 aromatic rings. The monoisotopic (exact) mass is 212 g/mol. The molecular formula is C8H9ClN4O. The summed E-state index contributed by atoms with van der Waals surface area (Å²) in [7, 11) is 0. The van der Waals surface area contributed by atoms with Crippen molar-refractivity contribution in [3.63, 3.8) is 0 Å². The molecule has 1 heterocycles. The van der Waals surface area contributed by atoms with E-state index in [0.29, 0.717) is 0 Å². The number of nitrogens with zero attached hydrogens (tertiary/aromatic N) is 2. The zero-order chi connectivity index (χ0) is 10.7. The Morgan fingerprint density at radius 2 is 2.29 bits per heavy atom. The largest absolute Gasteiger partial charge is 0.354 e. The highest BCUT2D eigenvalue weighted by atomic mass is 35.5. The highest BCUT2D eigenvalue weighted by Gasteiger charge is 2.08. The third-order valence-corrected chi connectivity index (χ3v) is 1.69. The van der Waals surface area contributed by atoms with E-state index in [1.54, 1.807) is 6.07 Å². The van der Waals surface area contributed by atoms with E-state index in [4.69, 9.17) is 16.9 Å². The van der Waals surface area contributed by atoms with Gasteiger partial charge in [-0.1, -0.05) is 11.6 Å². The first-order chi connectivity index (χ1) is 6.54. The van der Waals surface area contributed by atoms with Gasteiger partial charge in [0.15, 0.2) is 10.7 Å². The minimum Gasteiger partial charge on any atom is -0.354 e. The van der Waals surface area contributed by atoms with Crippen molar-refractivity contribution in [3.05, 3.63) is 21.1 Å². The Bertz CT molecular complexity index is 432. The average Bonchev–Trinajstić information content (AvgIpc) is 2.01. The predicted molar refractivity (Wildman–Crippen MR) is 53.3 cm³/mol. The molecule has 0 aliphatic heterocycles. The molecule has 2 N–H and O–H groups in total. The van der Waals surface area contributed by atoms with Crippen molar-refractivity contribution in [2.24, 2.45) is 0 Å². The molecule has 0 saturated heterocycles. The van der Waals surface area contributed by atoms with Gasteiger partial charge < -0.3 is 5.32 Å². The molecule has 0 saturated carbocycles. The first-order valence-corrected chi connectivity index (χ1v) is 4.39. The van der Waals surface area contributed by atoms with Gasteiger partial charge in [0.05, 0.1) is 0 Å². The standard InChI is InChI=1S/C8H9ClN4O/c1-4(2)11-8-12-6(9)5(3-10)7(14)13-8/h4H,1-2H3,(H2,11,12,13,14). The molecule has 74 valence electrons. The maximum atomic E-state index is 11.2. The Morgan fingerprint density at radius 3 is 2.71 bits per heavy atom. The summed E-state index contributed by atoms with van der Waals surface area (Å²) in [6.45, 7) is 3.79. The van der Waals surface area contributed by atoms with E-state index in [1.165, 1.54) is 0 Å². The second-order valence-electron chi connectivity index (χ2n) is 2.99. The zero-order valence-corrected chi connectivity index (χ0v) is 8.51. The van der Waals surface area contributed by atoms with E-state index < -0.39 is 5.56 Å². The number of rotatable bonds is 2. The lowest BCUT2D eigenvalue weighted by molar-refractivity contribution is 0.870. The summed E-state index contributed by atoms with van der Waals surface area (Å²) in [5.41, 5.74) is -0.698. The molecule has 0 aromatic carbocycles. The van der Waals surface area contributed by atoms with Gasteiger partial charge in [0.1, 0.15) is 6.07 Å². The van der Waals surface area contributed by atoms with E-state index in [2.05, 4.69) is 15.3 Å². The van der Waals surface area contributed by atoms with Crippen molar-refractivity contribution in [2.75, 3.05) is 5.32 Å². The molecule has 0 fully saturated rings. The first-order valence-electron chi connectivity index (χ1n) is 4.01. The van der Waals surface area contributed by atoms with Gasteiger partial charge in [0.25, 0.3) is 5.56 Å². The topological polar surface area (TPSA) is 81.6 Å². The van der Waals surface area contributed by atoms with Gasteiger partial charge in [-0.15, -0.1) is 0 Å². The van der Waals surface area contributed by atoms with E-state index in [1.807, 2.05) is 13.8 Å². The van der Waals surface area contributed by atoms with Gasteiger partial charge >= 0.3 is 0 Å². The Hall–Kier alpha value is -1.54. The molecule has 1 aromatic heterocycles. The van der Waals surface area contributed by atoms with Crippen LogP contribution in [-0.2, 0) is 0 Å². The summed E-state index contributed by atoms with van der Waals surface area (Å²) in [5.74, 6) is 0.272. The third kappa shape index (κ3) is 2.24. The molecule has 0 spiro atoms. The van der Waals surface area contributed by atoms with E-state index in [0.717, 1.165) is 0 Å². The molecule has 0 bridgehead atoms. The van der Waals surface area contributed by atoms with Gasteiger partial charge in [0.2, 0.25) is 5.95 Å². The third-order valence-electron chi connectivity index (χ3n) is 1.41. The fourth-order valence-corrected chi connectivity index (χ4v) is 1.10. The van der Waals surface area contributed by atoms with Crippen LogP contribution in [0.3, 0.4) is 0 Å². The Labute approximate surface area is 85.7 Å².